The Bertz CT molecular complexity index is 1100. The summed E-state index contributed by atoms with van der Waals surface area (Å²) in [6.45, 7) is 2.13. The van der Waals surface area contributed by atoms with Gasteiger partial charge in [-0.2, -0.15) is 0 Å². The van der Waals surface area contributed by atoms with Crippen molar-refractivity contribution in [1.29, 1.82) is 0 Å². The number of aromatic nitrogens is 2. The maximum absolute atomic E-state index is 12.8. The molecule has 3 aromatic rings. The average Bonchev–Trinajstić information content (AvgIpc) is 2.88. The van der Waals surface area contributed by atoms with Crippen LogP contribution in [0.4, 0.5) is 0 Å². The van der Waals surface area contributed by atoms with Crippen LogP contribution in [-0.4, -0.2) is 30.9 Å². The number of hydrogen-bond donors (Lipinski definition) is 0. The van der Waals surface area contributed by atoms with Gasteiger partial charge in [0.1, 0.15) is 10.6 Å². The Morgan fingerprint density at radius 2 is 1.77 bits per heavy atom. The van der Waals surface area contributed by atoms with E-state index in [2.05, 4.69) is 0 Å². The maximum Gasteiger partial charge on any atom is 0.333 e. The van der Waals surface area contributed by atoms with E-state index in [9.17, 15) is 13.2 Å². The van der Waals surface area contributed by atoms with Crippen molar-refractivity contribution in [3.05, 3.63) is 76.5 Å². The zero-order valence-corrected chi connectivity index (χ0v) is 15.7. The lowest BCUT2D eigenvalue weighted by molar-refractivity contribution is 0.402. The topological polar surface area (TPSA) is 70.3 Å². The summed E-state index contributed by atoms with van der Waals surface area (Å²) in [6, 6.07) is 14.3. The Morgan fingerprint density at radius 1 is 1.08 bits per heavy atom. The zero-order valence-electron chi connectivity index (χ0n) is 14.8. The molecule has 6 nitrogen and oxygen atoms in total. The van der Waals surface area contributed by atoms with E-state index in [1.54, 1.807) is 33.5 Å². The second-order valence-electron chi connectivity index (χ2n) is 6.11. The second kappa shape index (κ2) is 6.84. The van der Waals surface area contributed by atoms with Crippen LogP contribution in [0.25, 0.3) is 5.69 Å². The van der Waals surface area contributed by atoms with Crippen molar-refractivity contribution in [2.45, 2.75) is 18.4 Å². The minimum absolute atomic E-state index is 0.116. The van der Waals surface area contributed by atoms with Crippen LogP contribution >= 0.6 is 0 Å². The lowest BCUT2D eigenvalue weighted by Gasteiger charge is -2.09. The van der Waals surface area contributed by atoms with E-state index in [-0.39, 0.29) is 17.1 Å². The van der Waals surface area contributed by atoms with Gasteiger partial charge < -0.3 is 4.74 Å². The minimum atomic E-state index is -3.43. The molecule has 0 aliphatic rings. The molecule has 1 heterocycles. The predicted molar refractivity (Wildman–Crippen MR) is 100.0 cm³/mol. The van der Waals surface area contributed by atoms with Crippen LogP contribution in [0.1, 0.15) is 11.3 Å². The first-order chi connectivity index (χ1) is 12.3. The first-order valence-corrected chi connectivity index (χ1v) is 9.91. The number of ether oxygens (including phenoxy) is 1. The molecule has 0 bridgehead atoms. The number of nitrogens with zero attached hydrogens (tertiary/aromatic N) is 2. The molecule has 0 saturated carbocycles. The lowest BCUT2D eigenvalue weighted by Crippen LogP contribution is -2.24. The number of para-hydroxylation sites is 1. The van der Waals surface area contributed by atoms with Gasteiger partial charge in [-0.1, -0.05) is 24.3 Å². The number of hydrogen-bond acceptors (Lipinski definition) is 4. The largest absolute Gasteiger partial charge is 0.495 e. The van der Waals surface area contributed by atoms with Gasteiger partial charge in [0.25, 0.3) is 0 Å². The standard InChI is InChI=1S/C19H20N2O4S/c1-14-12-20(19(22)21(14)16-7-5-4-6-8-16)13-15-9-10-17(25-2)18(11-15)26(3,23)24/h4-12H,13H2,1-3H3. The van der Waals surface area contributed by atoms with Gasteiger partial charge in [-0.15, -0.1) is 0 Å². The quantitative estimate of drug-likeness (QED) is 0.690. The Labute approximate surface area is 152 Å². The fourth-order valence-electron chi connectivity index (χ4n) is 2.93. The normalized spacial score (nSPS) is 11.5. The molecule has 0 saturated heterocycles. The summed E-state index contributed by atoms with van der Waals surface area (Å²) in [4.78, 5) is 12.9. The molecule has 26 heavy (non-hydrogen) atoms. The Morgan fingerprint density at radius 3 is 2.38 bits per heavy atom. The Hall–Kier alpha value is -2.80. The summed E-state index contributed by atoms with van der Waals surface area (Å²) in [6.07, 6.45) is 2.90. The van der Waals surface area contributed by atoms with Crippen LogP contribution in [0, 0.1) is 6.92 Å². The molecule has 0 unspecified atom stereocenters. The van der Waals surface area contributed by atoms with Gasteiger partial charge in [0.15, 0.2) is 9.84 Å². The van der Waals surface area contributed by atoms with Gasteiger partial charge >= 0.3 is 5.69 Å². The van der Waals surface area contributed by atoms with E-state index in [1.807, 2.05) is 37.3 Å². The maximum atomic E-state index is 12.8. The first kappa shape index (κ1) is 18.0. The summed E-state index contributed by atoms with van der Waals surface area (Å²) in [5.41, 5.74) is 2.13. The molecular weight excluding hydrogens is 352 g/mol. The van der Waals surface area contributed by atoms with Crippen molar-refractivity contribution in [3.8, 4) is 11.4 Å². The van der Waals surface area contributed by atoms with Crippen molar-refractivity contribution in [2.24, 2.45) is 0 Å². The number of methoxy groups -OCH3 is 1. The second-order valence-corrected chi connectivity index (χ2v) is 8.09. The summed E-state index contributed by atoms with van der Waals surface area (Å²) in [5.74, 6) is 0.293. The molecule has 0 radical (unpaired) electrons. The molecule has 0 aliphatic heterocycles. The third kappa shape index (κ3) is 3.43. The Balaban J connectivity index is 2.02. The van der Waals surface area contributed by atoms with Crippen molar-refractivity contribution in [2.75, 3.05) is 13.4 Å². The summed E-state index contributed by atoms with van der Waals surface area (Å²) in [5, 5.41) is 0. The lowest BCUT2D eigenvalue weighted by atomic mass is 10.2. The van der Waals surface area contributed by atoms with Crippen molar-refractivity contribution >= 4 is 9.84 Å². The predicted octanol–water partition coefficient (Wildman–Crippen LogP) is 2.41. The third-order valence-electron chi connectivity index (χ3n) is 4.13. The van der Waals surface area contributed by atoms with Crippen LogP contribution in [0.15, 0.2) is 64.4 Å². The van der Waals surface area contributed by atoms with Crippen LogP contribution < -0.4 is 10.4 Å². The van der Waals surface area contributed by atoms with Gasteiger partial charge in [0.2, 0.25) is 0 Å². The minimum Gasteiger partial charge on any atom is -0.495 e. The van der Waals surface area contributed by atoms with E-state index in [0.29, 0.717) is 11.3 Å². The monoisotopic (exact) mass is 372 g/mol. The van der Waals surface area contributed by atoms with Gasteiger partial charge in [-0.05, 0) is 36.8 Å². The zero-order chi connectivity index (χ0) is 18.9. The molecule has 3 rings (SSSR count). The smallest absolute Gasteiger partial charge is 0.333 e. The molecule has 136 valence electrons. The number of sulfone groups is 1. The molecular formula is C19H20N2O4S. The summed E-state index contributed by atoms with van der Waals surface area (Å²) in [7, 11) is -2.01. The fourth-order valence-corrected chi connectivity index (χ4v) is 3.81. The number of imidazole rings is 1. The molecule has 0 amide bonds. The van der Waals surface area contributed by atoms with Crippen molar-refractivity contribution in [3.63, 3.8) is 0 Å². The van der Waals surface area contributed by atoms with E-state index >= 15 is 0 Å². The third-order valence-corrected chi connectivity index (χ3v) is 5.25. The van der Waals surface area contributed by atoms with E-state index < -0.39 is 9.84 Å². The molecule has 2 aromatic carbocycles. The fraction of sp³-hybridized carbons (Fsp3) is 0.211. The van der Waals surface area contributed by atoms with Gasteiger partial charge in [0.05, 0.1) is 19.3 Å². The first-order valence-electron chi connectivity index (χ1n) is 8.02. The molecule has 0 N–H and O–H groups in total. The number of aryl methyl sites for hydroxylation is 1. The van der Waals surface area contributed by atoms with Gasteiger partial charge in [0, 0.05) is 18.1 Å². The highest BCUT2D eigenvalue weighted by atomic mass is 32.2. The summed E-state index contributed by atoms with van der Waals surface area (Å²) < 4.78 is 32.3. The van der Waals surface area contributed by atoms with Crippen LogP contribution in [0.5, 0.6) is 5.75 Å². The summed E-state index contributed by atoms with van der Waals surface area (Å²) >= 11 is 0. The van der Waals surface area contributed by atoms with E-state index in [1.165, 1.54) is 7.11 Å². The van der Waals surface area contributed by atoms with Crippen molar-refractivity contribution in [1.82, 2.24) is 9.13 Å². The van der Waals surface area contributed by atoms with Gasteiger partial charge in [-0.25, -0.2) is 13.2 Å². The molecule has 0 fully saturated rings. The van der Waals surface area contributed by atoms with Gasteiger partial charge in [-0.3, -0.25) is 9.13 Å². The molecule has 0 aliphatic carbocycles. The van der Waals surface area contributed by atoms with Crippen molar-refractivity contribution < 1.29 is 13.2 Å². The SMILES string of the molecule is COc1ccc(Cn2cc(C)n(-c3ccccc3)c2=O)cc1S(C)(=O)=O. The highest BCUT2D eigenvalue weighted by molar-refractivity contribution is 7.90. The number of rotatable bonds is 5. The van der Waals surface area contributed by atoms with Crippen LogP contribution in [-0.2, 0) is 16.4 Å². The average molecular weight is 372 g/mol. The molecule has 0 atom stereocenters. The molecule has 1 aromatic heterocycles. The number of benzene rings is 2. The molecule has 7 heteroatoms. The highest BCUT2D eigenvalue weighted by Gasteiger charge is 2.16. The van der Waals surface area contributed by atoms with E-state index in [4.69, 9.17) is 4.74 Å². The highest BCUT2D eigenvalue weighted by Crippen LogP contribution is 2.25. The van der Waals surface area contributed by atoms with Crippen LogP contribution in [0.3, 0.4) is 0 Å². The van der Waals surface area contributed by atoms with Crippen LogP contribution in [0.2, 0.25) is 0 Å². The van der Waals surface area contributed by atoms with E-state index in [0.717, 1.165) is 17.6 Å². The Kier molecular flexibility index (Phi) is 4.73. The molecule has 0 spiro atoms.